The molecule has 158 valence electrons. The summed E-state index contributed by atoms with van der Waals surface area (Å²) in [6.07, 6.45) is 0. The molecule has 0 fully saturated rings. The summed E-state index contributed by atoms with van der Waals surface area (Å²) >= 11 is 13.7. The van der Waals surface area contributed by atoms with E-state index in [0.717, 1.165) is 27.1 Å². The van der Waals surface area contributed by atoms with Crippen molar-refractivity contribution in [3.8, 4) is 5.75 Å². The van der Waals surface area contributed by atoms with Gasteiger partial charge in [0, 0.05) is 20.3 Å². The molecule has 0 saturated heterocycles. The molecular weight excluding hydrogens is 441 g/mol. The van der Waals surface area contributed by atoms with Gasteiger partial charge in [0.25, 0.3) is 0 Å². The Hall–Kier alpha value is -2.08. The SMILES string of the molecule is COc1ccc2c(N(CC(=O)OC(C)(C)C)Sc3cc(Cl)cc(Cl)c3)cccc2c1. The first-order valence-corrected chi connectivity index (χ1v) is 10.9. The lowest BCUT2D eigenvalue weighted by Gasteiger charge is -2.26. The molecule has 0 amide bonds. The molecule has 0 aliphatic heterocycles. The molecule has 0 heterocycles. The third kappa shape index (κ3) is 5.97. The zero-order valence-corrected chi connectivity index (χ0v) is 19.6. The highest BCUT2D eigenvalue weighted by Gasteiger charge is 2.22. The van der Waals surface area contributed by atoms with E-state index in [1.165, 1.54) is 11.9 Å². The first-order chi connectivity index (χ1) is 14.1. The van der Waals surface area contributed by atoms with Crippen LogP contribution < -0.4 is 9.04 Å². The van der Waals surface area contributed by atoms with Crippen LogP contribution in [-0.2, 0) is 9.53 Å². The van der Waals surface area contributed by atoms with E-state index in [1.807, 2.05) is 73.6 Å². The number of hydrogen-bond donors (Lipinski definition) is 0. The maximum Gasteiger partial charge on any atom is 0.327 e. The molecule has 0 aliphatic carbocycles. The number of fused-ring (bicyclic) bond motifs is 1. The second kappa shape index (κ2) is 9.38. The van der Waals surface area contributed by atoms with Crippen LogP contribution in [0.4, 0.5) is 5.69 Å². The molecule has 0 aromatic heterocycles. The first kappa shape index (κ1) is 22.6. The average molecular weight is 464 g/mol. The predicted molar refractivity (Wildman–Crippen MR) is 126 cm³/mol. The van der Waals surface area contributed by atoms with Crippen molar-refractivity contribution in [2.24, 2.45) is 0 Å². The van der Waals surface area contributed by atoms with Gasteiger partial charge in [-0.05, 0) is 80.6 Å². The van der Waals surface area contributed by atoms with E-state index in [-0.39, 0.29) is 12.5 Å². The summed E-state index contributed by atoms with van der Waals surface area (Å²) in [7, 11) is 1.64. The molecule has 0 radical (unpaired) electrons. The van der Waals surface area contributed by atoms with E-state index in [0.29, 0.717) is 10.0 Å². The molecule has 30 heavy (non-hydrogen) atoms. The third-order valence-corrected chi connectivity index (χ3v) is 5.51. The van der Waals surface area contributed by atoms with Crippen LogP contribution in [0, 0.1) is 0 Å². The number of benzene rings is 3. The summed E-state index contributed by atoms with van der Waals surface area (Å²) in [5.74, 6) is 0.446. The van der Waals surface area contributed by atoms with Gasteiger partial charge in [0.1, 0.15) is 17.9 Å². The summed E-state index contributed by atoms with van der Waals surface area (Å²) in [5, 5.41) is 3.06. The fraction of sp³-hybridized carbons (Fsp3) is 0.261. The van der Waals surface area contributed by atoms with E-state index in [1.54, 1.807) is 13.2 Å². The van der Waals surface area contributed by atoms with Crippen LogP contribution in [-0.4, -0.2) is 25.2 Å². The number of nitrogens with zero attached hydrogens (tertiary/aromatic N) is 1. The number of methoxy groups -OCH3 is 1. The van der Waals surface area contributed by atoms with E-state index in [4.69, 9.17) is 32.7 Å². The van der Waals surface area contributed by atoms with Crippen LogP contribution in [0.1, 0.15) is 20.8 Å². The predicted octanol–water partition coefficient (Wildman–Crippen LogP) is 7.01. The summed E-state index contributed by atoms with van der Waals surface area (Å²) in [5.41, 5.74) is 0.306. The van der Waals surface area contributed by atoms with E-state index >= 15 is 0 Å². The van der Waals surface area contributed by atoms with Crippen LogP contribution >= 0.6 is 35.1 Å². The maximum atomic E-state index is 12.7. The Labute approximate surface area is 191 Å². The molecule has 0 spiro atoms. The summed E-state index contributed by atoms with van der Waals surface area (Å²) in [4.78, 5) is 13.5. The normalized spacial score (nSPS) is 11.4. The number of hydrogen-bond acceptors (Lipinski definition) is 5. The summed E-state index contributed by atoms with van der Waals surface area (Å²) < 4.78 is 12.8. The topological polar surface area (TPSA) is 38.8 Å². The van der Waals surface area contributed by atoms with Gasteiger partial charge < -0.3 is 13.8 Å². The Balaban J connectivity index is 2.02. The number of ether oxygens (including phenoxy) is 2. The number of halogens is 2. The number of anilines is 1. The minimum Gasteiger partial charge on any atom is -0.497 e. The van der Waals surface area contributed by atoms with Crippen LogP contribution in [0.2, 0.25) is 10.0 Å². The Morgan fingerprint density at radius 3 is 2.37 bits per heavy atom. The Kier molecular flexibility index (Phi) is 7.06. The highest BCUT2D eigenvalue weighted by atomic mass is 35.5. The van der Waals surface area contributed by atoms with Crippen LogP contribution in [0.3, 0.4) is 0 Å². The zero-order chi connectivity index (χ0) is 21.9. The monoisotopic (exact) mass is 463 g/mol. The standard InChI is InChI=1S/C23H23Cl2NO3S/c1-23(2,3)29-22(27)14-26(30-19-12-16(24)11-17(25)13-19)21-7-5-6-15-10-18(28-4)8-9-20(15)21/h5-13H,14H2,1-4H3. The number of carbonyl (C=O) groups is 1. The fourth-order valence-corrected chi connectivity index (χ4v) is 4.65. The van der Waals surface area contributed by atoms with Crippen molar-refractivity contribution in [3.63, 3.8) is 0 Å². The number of esters is 1. The number of carbonyl (C=O) groups excluding carboxylic acids is 1. The molecule has 3 rings (SSSR count). The molecule has 3 aromatic rings. The van der Waals surface area contributed by atoms with Gasteiger partial charge >= 0.3 is 5.97 Å². The van der Waals surface area contributed by atoms with Gasteiger partial charge in [0.15, 0.2) is 0 Å². The molecule has 3 aromatic carbocycles. The zero-order valence-electron chi connectivity index (χ0n) is 17.2. The van der Waals surface area contributed by atoms with Gasteiger partial charge in [-0.25, -0.2) is 0 Å². The molecular formula is C23H23Cl2NO3S. The Morgan fingerprint density at radius 1 is 1.03 bits per heavy atom. The molecule has 4 nitrogen and oxygen atoms in total. The Bertz CT molecular complexity index is 1050. The molecule has 7 heteroatoms. The van der Waals surface area contributed by atoms with Gasteiger partial charge in [0.2, 0.25) is 0 Å². The van der Waals surface area contributed by atoms with E-state index in [9.17, 15) is 4.79 Å². The van der Waals surface area contributed by atoms with Crippen molar-refractivity contribution >= 4 is 57.6 Å². The van der Waals surface area contributed by atoms with Gasteiger partial charge in [-0.1, -0.05) is 35.3 Å². The number of rotatable bonds is 6. The van der Waals surface area contributed by atoms with Crippen LogP contribution in [0.15, 0.2) is 59.5 Å². The van der Waals surface area contributed by atoms with Crippen molar-refractivity contribution in [3.05, 3.63) is 64.6 Å². The van der Waals surface area contributed by atoms with Gasteiger partial charge in [0.05, 0.1) is 12.8 Å². The molecule has 0 bridgehead atoms. The van der Waals surface area contributed by atoms with Gasteiger partial charge in [-0.15, -0.1) is 0 Å². The maximum absolute atomic E-state index is 12.7. The second-order valence-corrected chi connectivity index (χ2v) is 9.65. The lowest BCUT2D eigenvalue weighted by molar-refractivity contribution is -0.152. The van der Waals surface area contributed by atoms with Crippen molar-refractivity contribution in [2.75, 3.05) is 18.0 Å². The van der Waals surface area contributed by atoms with Gasteiger partial charge in [-0.2, -0.15) is 0 Å². The van der Waals surface area contributed by atoms with Crippen LogP contribution in [0.5, 0.6) is 5.75 Å². The molecule has 0 saturated carbocycles. The Morgan fingerprint density at radius 2 is 1.73 bits per heavy atom. The van der Waals surface area contributed by atoms with E-state index < -0.39 is 5.60 Å². The van der Waals surface area contributed by atoms with Crippen molar-refractivity contribution in [1.29, 1.82) is 0 Å². The van der Waals surface area contributed by atoms with Crippen molar-refractivity contribution < 1.29 is 14.3 Å². The molecule has 0 atom stereocenters. The lowest BCUT2D eigenvalue weighted by atomic mass is 10.1. The lowest BCUT2D eigenvalue weighted by Crippen LogP contribution is -2.31. The fourth-order valence-electron chi connectivity index (χ4n) is 2.96. The minimum absolute atomic E-state index is 0.0528. The highest BCUT2D eigenvalue weighted by molar-refractivity contribution is 8.00. The highest BCUT2D eigenvalue weighted by Crippen LogP contribution is 2.37. The third-order valence-electron chi connectivity index (χ3n) is 4.08. The molecule has 0 N–H and O–H groups in total. The quantitative estimate of drug-likeness (QED) is 0.290. The van der Waals surface area contributed by atoms with Gasteiger partial charge in [-0.3, -0.25) is 4.79 Å². The largest absolute Gasteiger partial charge is 0.497 e. The molecule has 0 unspecified atom stereocenters. The minimum atomic E-state index is -0.571. The van der Waals surface area contributed by atoms with Crippen molar-refractivity contribution in [1.82, 2.24) is 0 Å². The first-order valence-electron chi connectivity index (χ1n) is 9.35. The summed E-state index contributed by atoms with van der Waals surface area (Å²) in [6, 6.07) is 17.1. The second-order valence-electron chi connectivity index (χ2n) is 7.68. The van der Waals surface area contributed by atoms with E-state index in [2.05, 4.69) is 0 Å². The smallest absolute Gasteiger partial charge is 0.327 e. The average Bonchev–Trinajstić information content (AvgIpc) is 2.64. The van der Waals surface area contributed by atoms with Crippen LogP contribution in [0.25, 0.3) is 10.8 Å². The molecule has 0 aliphatic rings. The summed E-state index contributed by atoms with van der Waals surface area (Å²) in [6.45, 7) is 5.60. The van der Waals surface area contributed by atoms with Crippen molar-refractivity contribution in [2.45, 2.75) is 31.3 Å².